The first-order valence-corrected chi connectivity index (χ1v) is 9.97. The minimum atomic E-state index is 0.00475. The van der Waals surface area contributed by atoms with Crippen LogP contribution in [0.25, 0.3) is 5.69 Å². The molecule has 0 atom stereocenters. The van der Waals surface area contributed by atoms with Gasteiger partial charge in [-0.15, -0.1) is 0 Å². The van der Waals surface area contributed by atoms with Gasteiger partial charge in [0.2, 0.25) is 0 Å². The van der Waals surface area contributed by atoms with Crippen molar-refractivity contribution in [2.75, 3.05) is 13.1 Å². The number of hydrogen-bond acceptors (Lipinski definition) is 3. The van der Waals surface area contributed by atoms with E-state index in [0.717, 1.165) is 42.5 Å². The molecule has 0 bridgehead atoms. The Morgan fingerprint density at radius 3 is 2.46 bits per heavy atom. The van der Waals surface area contributed by atoms with Gasteiger partial charge in [0.05, 0.1) is 5.69 Å². The van der Waals surface area contributed by atoms with Gasteiger partial charge in [0, 0.05) is 24.3 Å². The summed E-state index contributed by atoms with van der Waals surface area (Å²) in [7, 11) is 0. The zero-order valence-electron chi connectivity index (χ0n) is 16.1. The van der Waals surface area contributed by atoms with Crippen LogP contribution in [0.4, 0.5) is 0 Å². The second-order valence-electron chi connectivity index (χ2n) is 7.23. The summed E-state index contributed by atoms with van der Waals surface area (Å²) < 4.78 is 1.96. The number of nitrogens with two attached hydrogens (primary N) is 1. The average Bonchev–Trinajstić information content (AvgIpc) is 3.35. The van der Waals surface area contributed by atoms with Crippen LogP contribution in [-0.4, -0.2) is 33.7 Å². The summed E-state index contributed by atoms with van der Waals surface area (Å²) in [5, 5.41) is 4.77. The molecule has 0 radical (unpaired) electrons. The van der Waals surface area contributed by atoms with E-state index >= 15 is 0 Å². The Morgan fingerprint density at radius 2 is 1.75 bits per heavy atom. The van der Waals surface area contributed by atoms with E-state index < -0.39 is 0 Å². The van der Waals surface area contributed by atoms with E-state index in [-0.39, 0.29) is 5.91 Å². The van der Waals surface area contributed by atoms with Gasteiger partial charge in [-0.3, -0.25) is 4.79 Å². The highest BCUT2D eigenvalue weighted by atomic mass is 16.2. The summed E-state index contributed by atoms with van der Waals surface area (Å²) in [6, 6.07) is 20.2. The van der Waals surface area contributed by atoms with Gasteiger partial charge in [0.15, 0.2) is 5.69 Å². The lowest BCUT2D eigenvalue weighted by Gasteiger charge is -2.22. The number of aromatic nitrogens is 2. The highest BCUT2D eigenvalue weighted by Crippen LogP contribution is 2.29. The van der Waals surface area contributed by atoms with Gasteiger partial charge >= 0.3 is 0 Å². The predicted molar refractivity (Wildman–Crippen MR) is 110 cm³/mol. The first-order valence-electron chi connectivity index (χ1n) is 9.97. The van der Waals surface area contributed by atoms with Crippen LogP contribution < -0.4 is 5.73 Å². The van der Waals surface area contributed by atoms with Gasteiger partial charge in [0.25, 0.3) is 5.91 Å². The number of hydrogen-bond donors (Lipinski definition) is 1. The van der Waals surface area contributed by atoms with Gasteiger partial charge < -0.3 is 10.6 Å². The standard InChI is InChI=1S/C23H26N4O/c24-15-8-16-26(17-18-9-3-1-4-10-18)23(28)22-20-13-7-14-21(20)27(25-22)19-11-5-2-6-12-19/h1-6,9-12H,7-8,13-17,24H2. The topological polar surface area (TPSA) is 64.2 Å². The Hall–Kier alpha value is -2.92. The zero-order valence-corrected chi connectivity index (χ0v) is 16.1. The van der Waals surface area contributed by atoms with Crippen molar-refractivity contribution in [3.8, 4) is 5.69 Å². The lowest BCUT2D eigenvalue weighted by Crippen LogP contribution is -2.33. The number of rotatable bonds is 7. The summed E-state index contributed by atoms with van der Waals surface area (Å²) >= 11 is 0. The lowest BCUT2D eigenvalue weighted by molar-refractivity contribution is 0.0734. The lowest BCUT2D eigenvalue weighted by atomic mass is 10.1. The number of fused-ring (bicyclic) bond motifs is 1. The normalized spacial score (nSPS) is 12.8. The van der Waals surface area contributed by atoms with Crippen molar-refractivity contribution in [1.29, 1.82) is 0 Å². The maximum absolute atomic E-state index is 13.5. The zero-order chi connectivity index (χ0) is 19.3. The Balaban J connectivity index is 1.67. The van der Waals surface area contributed by atoms with Gasteiger partial charge in [-0.2, -0.15) is 5.10 Å². The van der Waals surface area contributed by atoms with E-state index in [1.54, 1.807) is 0 Å². The molecule has 0 saturated carbocycles. The fraction of sp³-hybridized carbons (Fsp3) is 0.304. The van der Waals surface area contributed by atoms with E-state index in [1.165, 1.54) is 5.69 Å². The third kappa shape index (κ3) is 3.71. The molecule has 5 nitrogen and oxygen atoms in total. The van der Waals surface area contributed by atoms with Gasteiger partial charge in [-0.1, -0.05) is 48.5 Å². The second-order valence-corrected chi connectivity index (χ2v) is 7.23. The first-order chi connectivity index (χ1) is 13.8. The van der Waals surface area contributed by atoms with Crippen molar-refractivity contribution in [2.45, 2.75) is 32.2 Å². The molecular formula is C23H26N4O. The molecule has 4 rings (SSSR count). The molecule has 3 aromatic rings. The monoisotopic (exact) mass is 374 g/mol. The molecule has 28 heavy (non-hydrogen) atoms. The smallest absolute Gasteiger partial charge is 0.274 e. The number of carbonyl (C=O) groups excluding carboxylic acids is 1. The van der Waals surface area contributed by atoms with Crippen LogP contribution >= 0.6 is 0 Å². The Labute approximate surface area is 165 Å². The Kier molecular flexibility index (Phi) is 5.53. The molecule has 0 spiro atoms. The van der Waals surface area contributed by atoms with Crippen LogP contribution in [0.1, 0.15) is 40.2 Å². The van der Waals surface area contributed by atoms with Crippen molar-refractivity contribution in [2.24, 2.45) is 5.73 Å². The van der Waals surface area contributed by atoms with Crippen molar-refractivity contribution < 1.29 is 4.79 Å². The minimum absolute atomic E-state index is 0.00475. The molecule has 0 fully saturated rings. The van der Waals surface area contributed by atoms with E-state index in [4.69, 9.17) is 10.8 Å². The van der Waals surface area contributed by atoms with Crippen LogP contribution in [0.3, 0.4) is 0 Å². The molecule has 0 aliphatic heterocycles. The molecule has 144 valence electrons. The van der Waals surface area contributed by atoms with Crippen LogP contribution in [0.2, 0.25) is 0 Å². The summed E-state index contributed by atoms with van der Waals surface area (Å²) in [6.45, 7) is 1.78. The molecule has 1 heterocycles. The van der Waals surface area contributed by atoms with Gasteiger partial charge in [0.1, 0.15) is 0 Å². The molecule has 5 heteroatoms. The molecule has 2 N–H and O–H groups in total. The maximum Gasteiger partial charge on any atom is 0.274 e. The summed E-state index contributed by atoms with van der Waals surface area (Å²) in [5.41, 5.74) is 10.7. The highest BCUT2D eigenvalue weighted by Gasteiger charge is 2.29. The van der Waals surface area contributed by atoms with E-state index in [1.807, 2.05) is 58.1 Å². The predicted octanol–water partition coefficient (Wildman–Crippen LogP) is 3.35. The van der Waals surface area contributed by atoms with Crippen molar-refractivity contribution in [1.82, 2.24) is 14.7 Å². The first kappa shape index (κ1) is 18.4. The van der Waals surface area contributed by atoms with Crippen LogP contribution in [0.5, 0.6) is 0 Å². The van der Waals surface area contributed by atoms with Crippen LogP contribution in [0.15, 0.2) is 60.7 Å². The molecule has 1 amide bonds. The van der Waals surface area contributed by atoms with Crippen molar-refractivity contribution >= 4 is 5.91 Å². The molecule has 0 unspecified atom stereocenters. The number of amides is 1. The summed E-state index contributed by atoms with van der Waals surface area (Å²) in [4.78, 5) is 15.4. The van der Waals surface area contributed by atoms with Crippen LogP contribution in [-0.2, 0) is 19.4 Å². The number of carbonyl (C=O) groups is 1. The van der Waals surface area contributed by atoms with Crippen molar-refractivity contribution in [3.05, 3.63) is 83.2 Å². The molecule has 0 saturated heterocycles. The fourth-order valence-corrected chi connectivity index (χ4v) is 3.88. The largest absolute Gasteiger partial charge is 0.333 e. The second kappa shape index (κ2) is 8.40. The van der Waals surface area contributed by atoms with E-state index in [9.17, 15) is 4.79 Å². The summed E-state index contributed by atoms with van der Waals surface area (Å²) in [5.74, 6) is 0.00475. The molecule has 1 aromatic heterocycles. The quantitative estimate of drug-likeness (QED) is 0.690. The fourth-order valence-electron chi connectivity index (χ4n) is 3.88. The van der Waals surface area contributed by atoms with E-state index in [0.29, 0.717) is 25.3 Å². The molecular weight excluding hydrogens is 348 g/mol. The molecule has 2 aromatic carbocycles. The molecule has 1 aliphatic rings. The van der Waals surface area contributed by atoms with Crippen molar-refractivity contribution in [3.63, 3.8) is 0 Å². The van der Waals surface area contributed by atoms with Gasteiger partial charge in [-0.05, 0) is 49.9 Å². The SMILES string of the molecule is NCCCN(Cc1ccccc1)C(=O)c1nn(-c2ccccc2)c2c1CCC2. The Bertz CT molecular complexity index is 934. The minimum Gasteiger partial charge on any atom is -0.333 e. The maximum atomic E-state index is 13.5. The van der Waals surface area contributed by atoms with E-state index in [2.05, 4.69) is 12.1 Å². The number of para-hydroxylation sites is 1. The number of benzene rings is 2. The van der Waals surface area contributed by atoms with Gasteiger partial charge in [-0.25, -0.2) is 4.68 Å². The number of nitrogens with zero attached hydrogens (tertiary/aromatic N) is 3. The average molecular weight is 374 g/mol. The summed E-state index contributed by atoms with van der Waals surface area (Å²) in [6.07, 6.45) is 3.73. The van der Waals surface area contributed by atoms with Crippen LogP contribution in [0, 0.1) is 0 Å². The third-order valence-corrected chi connectivity index (χ3v) is 5.27. The Morgan fingerprint density at radius 1 is 1.04 bits per heavy atom. The third-order valence-electron chi connectivity index (χ3n) is 5.27. The highest BCUT2D eigenvalue weighted by molar-refractivity contribution is 5.94. The molecule has 1 aliphatic carbocycles.